The molecule has 1 aromatic heterocycles. The van der Waals surface area contributed by atoms with E-state index in [9.17, 15) is 4.39 Å². The third kappa shape index (κ3) is 3.89. The van der Waals surface area contributed by atoms with Crippen molar-refractivity contribution in [2.24, 2.45) is 0 Å². The normalized spacial score (nSPS) is 17.2. The van der Waals surface area contributed by atoms with Gasteiger partial charge in [-0.2, -0.15) is 0 Å². The molecule has 1 aliphatic heterocycles. The molecule has 0 spiro atoms. The second kappa shape index (κ2) is 6.37. The Morgan fingerprint density at radius 3 is 2.43 bits per heavy atom. The van der Waals surface area contributed by atoms with E-state index in [0.717, 1.165) is 56.3 Å². The van der Waals surface area contributed by atoms with E-state index in [4.69, 9.17) is 4.52 Å². The van der Waals surface area contributed by atoms with E-state index in [2.05, 4.69) is 15.0 Å². The number of nitrogens with zero attached hydrogens (tertiary/aromatic N) is 3. The number of aromatic nitrogens is 1. The van der Waals surface area contributed by atoms with E-state index >= 15 is 0 Å². The van der Waals surface area contributed by atoms with Crippen LogP contribution in [0.1, 0.15) is 17.0 Å². The quantitative estimate of drug-likeness (QED) is 0.865. The number of aryl methyl sites for hydroxylation is 1. The molecule has 0 bridgehead atoms. The van der Waals surface area contributed by atoms with Gasteiger partial charge in [-0.3, -0.25) is 9.80 Å². The number of hydrogen-bond donors (Lipinski definition) is 0. The van der Waals surface area contributed by atoms with E-state index in [1.54, 1.807) is 12.1 Å². The molecule has 1 saturated heterocycles. The molecule has 21 heavy (non-hydrogen) atoms. The number of benzene rings is 1. The molecule has 0 radical (unpaired) electrons. The Labute approximate surface area is 124 Å². The summed E-state index contributed by atoms with van der Waals surface area (Å²) in [7, 11) is 0. The van der Waals surface area contributed by atoms with E-state index in [1.165, 1.54) is 6.07 Å². The molecule has 2 heterocycles. The van der Waals surface area contributed by atoms with Crippen molar-refractivity contribution in [1.82, 2.24) is 15.0 Å². The molecule has 1 aromatic carbocycles. The van der Waals surface area contributed by atoms with E-state index in [1.807, 2.05) is 19.1 Å². The minimum absolute atomic E-state index is 0.160. The van der Waals surface area contributed by atoms with Gasteiger partial charge in [0.1, 0.15) is 5.82 Å². The van der Waals surface area contributed by atoms with Crippen molar-refractivity contribution < 1.29 is 8.91 Å². The first-order chi connectivity index (χ1) is 10.2. The van der Waals surface area contributed by atoms with Gasteiger partial charge in [-0.25, -0.2) is 4.39 Å². The van der Waals surface area contributed by atoms with Crippen LogP contribution >= 0.6 is 0 Å². The Hall–Kier alpha value is -1.72. The predicted molar refractivity (Wildman–Crippen MR) is 78.2 cm³/mol. The lowest BCUT2D eigenvalue weighted by Gasteiger charge is -2.34. The average Bonchev–Trinajstić information content (AvgIpc) is 2.86. The predicted octanol–water partition coefficient (Wildman–Crippen LogP) is 2.44. The van der Waals surface area contributed by atoms with Crippen LogP contribution in [0, 0.1) is 12.7 Å². The number of rotatable bonds is 4. The first kappa shape index (κ1) is 14.2. The van der Waals surface area contributed by atoms with E-state index < -0.39 is 0 Å². The molecule has 3 rings (SSSR count). The second-order valence-electron chi connectivity index (χ2n) is 5.62. The van der Waals surface area contributed by atoms with Crippen molar-refractivity contribution in [2.45, 2.75) is 20.0 Å². The summed E-state index contributed by atoms with van der Waals surface area (Å²) in [5, 5.41) is 3.91. The van der Waals surface area contributed by atoms with Crippen molar-refractivity contribution in [3.05, 3.63) is 53.2 Å². The second-order valence-corrected chi connectivity index (χ2v) is 5.62. The monoisotopic (exact) mass is 289 g/mol. The minimum atomic E-state index is -0.160. The Morgan fingerprint density at radius 2 is 1.81 bits per heavy atom. The highest BCUT2D eigenvalue weighted by Gasteiger charge is 2.18. The van der Waals surface area contributed by atoms with Gasteiger partial charge in [0.15, 0.2) is 5.76 Å². The smallest absolute Gasteiger partial charge is 0.150 e. The Kier molecular flexibility index (Phi) is 4.31. The zero-order chi connectivity index (χ0) is 14.7. The molecule has 1 fully saturated rings. The van der Waals surface area contributed by atoms with Crippen LogP contribution in [0.4, 0.5) is 4.39 Å². The van der Waals surface area contributed by atoms with Crippen molar-refractivity contribution >= 4 is 0 Å². The van der Waals surface area contributed by atoms with E-state index in [0.29, 0.717) is 0 Å². The number of halogens is 1. The fourth-order valence-electron chi connectivity index (χ4n) is 2.71. The highest BCUT2D eigenvalue weighted by molar-refractivity contribution is 5.16. The van der Waals surface area contributed by atoms with Crippen LogP contribution in [0.3, 0.4) is 0 Å². The number of piperazine rings is 1. The van der Waals surface area contributed by atoms with Gasteiger partial charge in [0.05, 0.1) is 12.2 Å². The minimum Gasteiger partial charge on any atom is -0.360 e. The van der Waals surface area contributed by atoms with Gasteiger partial charge in [0.2, 0.25) is 0 Å². The molecule has 0 aliphatic carbocycles. The summed E-state index contributed by atoms with van der Waals surface area (Å²) in [6.45, 7) is 7.53. The van der Waals surface area contributed by atoms with Crippen molar-refractivity contribution in [3.8, 4) is 0 Å². The topological polar surface area (TPSA) is 32.5 Å². The summed E-state index contributed by atoms with van der Waals surface area (Å²) in [6, 6.07) is 8.84. The van der Waals surface area contributed by atoms with Crippen LogP contribution in [0.15, 0.2) is 34.9 Å². The van der Waals surface area contributed by atoms with Crippen LogP contribution in [-0.4, -0.2) is 41.1 Å². The van der Waals surface area contributed by atoms with Gasteiger partial charge in [-0.1, -0.05) is 17.3 Å². The first-order valence-electron chi connectivity index (χ1n) is 7.30. The molecule has 0 unspecified atom stereocenters. The van der Waals surface area contributed by atoms with Gasteiger partial charge < -0.3 is 4.52 Å². The molecule has 112 valence electrons. The fraction of sp³-hybridized carbons (Fsp3) is 0.438. The van der Waals surface area contributed by atoms with Gasteiger partial charge in [0, 0.05) is 38.8 Å². The van der Waals surface area contributed by atoms with Gasteiger partial charge >= 0.3 is 0 Å². The first-order valence-corrected chi connectivity index (χ1v) is 7.30. The molecular formula is C16H20FN3O. The average molecular weight is 289 g/mol. The summed E-state index contributed by atoms with van der Waals surface area (Å²) in [5.74, 6) is 0.762. The zero-order valence-corrected chi connectivity index (χ0v) is 12.3. The highest BCUT2D eigenvalue weighted by atomic mass is 19.1. The summed E-state index contributed by atoms with van der Waals surface area (Å²) in [6.07, 6.45) is 0. The molecule has 0 saturated carbocycles. The summed E-state index contributed by atoms with van der Waals surface area (Å²) >= 11 is 0. The Bertz CT molecular complexity index is 591. The maximum atomic E-state index is 13.2. The maximum absolute atomic E-state index is 13.2. The maximum Gasteiger partial charge on any atom is 0.150 e. The van der Waals surface area contributed by atoms with Crippen molar-refractivity contribution in [3.63, 3.8) is 0 Å². The Balaban J connectivity index is 1.48. The SMILES string of the molecule is Cc1cc(CN2CCN(Cc3cccc(F)c3)CC2)on1. The largest absolute Gasteiger partial charge is 0.360 e. The summed E-state index contributed by atoms with van der Waals surface area (Å²) < 4.78 is 18.4. The lowest BCUT2D eigenvalue weighted by molar-refractivity contribution is 0.113. The van der Waals surface area contributed by atoms with Crippen LogP contribution in [0.25, 0.3) is 0 Å². The Morgan fingerprint density at radius 1 is 1.10 bits per heavy atom. The third-order valence-electron chi connectivity index (χ3n) is 3.82. The molecule has 4 nitrogen and oxygen atoms in total. The molecule has 0 N–H and O–H groups in total. The van der Waals surface area contributed by atoms with Gasteiger partial charge in [-0.15, -0.1) is 0 Å². The van der Waals surface area contributed by atoms with Crippen LogP contribution < -0.4 is 0 Å². The molecular weight excluding hydrogens is 269 g/mol. The van der Waals surface area contributed by atoms with Gasteiger partial charge in [0.25, 0.3) is 0 Å². The lowest BCUT2D eigenvalue weighted by Crippen LogP contribution is -2.45. The van der Waals surface area contributed by atoms with Crippen LogP contribution in [-0.2, 0) is 13.1 Å². The standard InChI is InChI=1S/C16H20FN3O/c1-13-9-16(21-18-13)12-20-7-5-19(6-8-20)11-14-3-2-4-15(17)10-14/h2-4,9-10H,5-8,11-12H2,1H3. The summed E-state index contributed by atoms with van der Waals surface area (Å²) in [5.41, 5.74) is 1.96. The molecule has 0 amide bonds. The van der Waals surface area contributed by atoms with Crippen LogP contribution in [0.5, 0.6) is 0 Å². The molecule has 0 atom stereocenters. The lowest BCUT2D eigenvalue weighted by atomic mass is 10.2. The molecule has 2 aromatic rings. The zero-order valence-electron chi connectivity index (χ0n) is 12.3. The highest BCUT2D eigenvalue weighted by Crippen LogP contribution is 2.12. The summed E-state index contributed by atoms with van der Waals surface area (Å²) in [4.78, 5) is 4.72. The molecule has 5 heteroatoms. The van der Waals surface area contributed by atoms with E-state index in [-0.39, 0.29) is 5.82 Å². The van der Waals surface area contributed by atoms with Crippen molar-refractivity contribution in [1.29, 1.82) is 0 Å². The van der Waals surface area contributed by atoms with Crippen molar-refractivity contribution in [2.75, 3.05) is 26.2 Å². The molecule has 1 aliphatic rings. The number of hydrogen-bond acceptors (Lipinski definition) is 4. The fourth-order valence-corrected chi connectivity index (χ4v) is 2.71. The third-order valence-corrected chi connectivity index (χ3v) is 3.82. The van der Waals surface area contributed by atoms with Gasteiger partial charge in [-0.05, 0) is 24.6 Å². The van der Waals surface area contributed by atoms with Crippen LogP contribution in [0.2, 0.25) is 0 Å².